The highest BCUT2D eigenvalue weighted by molar-refractivity contribution is 8.78. The largest absolute Gasteiger partial charge is 0.384 e. The van der Waals surface area contributed by atoms with Crippen molar-refractivity contribution in [1.82, 2.24) is 5.32 Å². The predicted octanol–water partition coefficient (Wildman–Crippen LogP) is 1.28. The molecular weight excluding hydrogens is 190 g/mol. The third-order valence-corrected chi connectivity index (χ3v) is 4.14. The van der Waals surface area contributed by atoms with E-state index in [2.05, 4.69) is 11.4 Å². The summed E-state index contributed by atoms with van der Waals surface area (Å²) in [4.78, 5) is 0. The molecule has 3 N–H and O–H groups in total. The van der Waals surface area contributed by atoms with Crippen LogP contribution in [0, 0.1) is 11.3 Å². The Morgan fingerprint density at radius 2 is 2.42 bits per heavy atom. The zero-order valence-electron chi connectivity index (χ0n) is 6.26. The summed E-state index contributed by atoms with van der Waals surface area (Å²) >= 11 is 0. The minimum absolute atomic E-state index is 0.520. The van der Waals surface area contributed by atoms with Gasteiger partial charge in [-0.3, -0.25) is 0 Å². The highest BCUT2D eigenvalue weighted by atomic mass is 33.1. The lowest BCUT2D eigenvalue weighted by atomic mass is 10.1. The van der Waals surface area contributed by atoms with Crippen LogP contribution in [0.3, 0.4) is 0 Å². The van der Waals surface area contributed by atoms with Crippen LogP contribution in [-0.4, -0.2) is 5.75 Å². The Hall–Kier alpha value is -0.730. The third-order valence-electron chi connectivity index (χ3n) is 1.79. The Labute approximate surface area is 78.5 Å². The molecule has 62 valence electrons. The molecule has 2 heterocycles. The zero-order chi connectivity index (χ0) is 8.55. The van der Waals surface area contributed by atoms with Crippen LogP contribution >= 0.6 is 21.6 Å². The van der Waals surface area contributed by atoms with Crippen LogP contribution in [0.15, 0.2) is 22.0 Å². The second-order valence-corrected chi connectivity index (χ2v) is 4.89. The van der Waals surface area contributed by atoms with Crippen molar-refractivity contribution in [3.63, 3.8) is 0 Å². The lowest BCUT2D eigenvalue weighted by molar-refractivity contribution is 0.901. The van der Waals surface area contributed by atoms with E-state index in [-0.39, 0.29) is 0 Å². The van der Waals surface area contributed by atoms with Gasteiger partial charge in [0.2, 0.25) is 0 Å². The Morgan fingerprint density at radius 3 is 3.17 bits per heavy atom. The molecule has 0 aliphatic carbocycles. The van der Waals surface area contributed by atoms with E-state index in [0.717, 1.165) is 17.2 Å². The van der Waals surface area contributed by atoms with Crippen LogP contribution in [-0.2, 0) is 0 Å². The molecule has 0 aromatic rings. The molecule has 12 heavy (non-hydrogen) atoms. The normalized spacial score (nSPS) is 21.9. The number of dihydropyridines is 1. The molecule has 2 aliphatic heterocycles. The minimum Gasteiger partial charge on any atom is -0.384 e. The van der Waals surface area contributed by atoms with Crippen molar-refractivity contribution in [2.75, 3.05) is 5.75 Å². The lowest BCUT2D eigenvalue weighted by Gasteiger charge is -2.15. The molecule has 0 spiro atoms. The molecule has 0 aromatic carbocycles. The van der Waals surface area contributed by atoms with E-state index in [4.69, 9.17) is 11.0 Å². The Kier molecular flexibility index (Phi) is 1.95. The van der Waals surface area contributed by atoms with Gasteiger partial charge in [0.25, 0.3) is 0 Å². The summed E-state index contributed by atoms with van der Waals surface area (Å²) in [6, 6.07) is 2.11. The Bertz CT molecular complexity index is 324. The van der Waals surface area contributed by atoms with Crippen molar-refractivity contribution in [2.45, 2.75) is 6.42 Å². The third kappa shape index (κ3) is 1.17. The van der Waals surface area contributed by atoms with E-state index in [0.29, 0.717) is 11.4 Å². The van der Waals surface area contributed by atoms with Gasteiger partial charge in [0.15, 0.2) is 0 Å². The second kappa shape index (κ2) is 2.96. The SMILES string of the molecule is N#CC1=C(N)NC2=C(CSS2)C1. The average molecular weight is 197 g/mol. The van der Waals surface area contributed by atoms with Crippen LogP contribution in [0.1, 0.15) is 6.42 Å². The Balaban J connectivity index is 2.25. The van der Waals surface area contributed by atoms with Crippen molar-refractivity contribution in [3.05, 3.63) is 22.0 Å². The molecule has 0 bridgehead atoms. The van der Waals surface area contributed by atoms with Crippen LogP contribution in [0.5, 0.6) is 0 Å². The smallest absolute Gasteiger partial charge is 0.115 e. The molecule has 0 fully saturated rings. The summed E-state index contributed by atoms with van der Waals surface area (Å²) in [6.07, 6.45) is 0.727. The maximum absolute atomic E-state index is 8.72. The summed E-state index contributed by atoms with van der Waals surface area (Å²) in [5.74, 6) is 1.53. The molecule has 0 radical (unpaired) electrons. The number of allylic oxidation sites excluding steroid dienone is 1. The fraction of sp³-hybridized carbons (Fsp3) is 0.286. The number of nitrogens with zero attached hydrogens (tertiary/aromatic N) is 1. The van der Waals surface area contributed by atoms with Gasteiger partial charge in [0.1, 0.15) is 5.82 Å². The first-order valence-corrected chi connectivity index (χ1v) is 5.80. The topological polar surface area (TPSA) is 61.8 Å². The van der Waals surface area contributed by atoms with Gasteiger partial charge in [0, 0.05) is 12.2 Å². The number of rotatable bonds is 0. The van der Waals surface area contributed by atoms with Crippen molar-refractivity contribution in [1.29, 1.82) is 5.26 Å². The molecule has 0 atom stereocenters. The van der Waals surface area contributed by atoms with Crippen LogP contribution in [0.4, 0.5) is 0 Å². The number of nitriles is 1. The van der Waals surface area contributed by atoms with E-state index in [1.807, 2.05) is 0 Å². The number of nitrogens with two attached hydrogens (primary N) is 1. The van der Waals surface area contributed by atoms with Crippen molar-refractivity contribution < 1.29 is 0 Å². The van der Waals surface area contributed by atoms with E-state index < -0.39 is 0 Å². The molecule has 0 aromatic heterocycles. The van der Waals surface area contributed by atoms with Crippen molar-refractivity contribution in [2.24, 2.45) is 5.73 Å². The van der Waals surface area contributed by atoms with E-state index in [9.17, 15) is 0 Å². The van der Waals surface area contributed by atoms with Gasteiger partial charge in [-0.15, -0.1) is 0 Å². The average Bonchev–Trinajstić information content (AvgIpc) is 2.49. The maximum Gasteiger partial charge on any atom is 0.115 e. The van der Waals surface area contributed by atoms with Crippen molar-refractivity contribution in [3.8, 4) is 6.07 Å². The summed E-state index contributed by atoms with van der Waals surface area (Å²) in [6.45, 7) is 0. The molecule has 0 amide bonds. The summed E-state index contributed by atoms with van der Waals surface area (Å²) in [7, 11) is 3.49. The van der Waals surface area contributed by atoms with Crippen molar-refractivity contribution >= 4 is 21.6 Å². The van der Waals surface area contributed by atoms with Gasteiger partial charge < -0.3 is 11.1 Å². The van der Waals surface area contributed by atoms with Gasteiger partial charge in [-0.05, 0) is 16.4 Å². The molecule has 0 saturated heterocycles. The summed E-state index contributed by atoms with van der Waals surface area (Å²) in [5, 5.41) is 12.9. The first kappa shape index (κ1) is 7.90. The maximum atomic E-state index is 8.72. The predicted molar refractivity (Wildman–Crippen MR) is 51.7 cm³/mol. The molecule has 2 aliphatic rings. The summed E-state index contributed by atoms with van der Waals surface area (Å²) < 4.78 is 0. The lowest BCUT2D eigenvalue weighted by Crippen LogP contribution is -2.24. The van der Waals surface area contributed by atoms with Crippen LogP contribution in [0.25, 0.3) is 0 Å². The number of nitrogens with one attached hydrogen (secondary N) is 1. The highest BCUT2D eigenvalue weighted by Gasteiger charge is 2.23. The molecule has 0 unspecified atom stereocenters. The number of hydrogen-bond donors (Lipinski definition) is 2. The minimum atomic E-state index is 0.520. The monoisotopic (exact) mass is 197 g/mol. The molecule has 2 rings (SSSR count). The van der Waals surface area contributed by atoms with Gasteiger partial charge >= 0.3 is 0 Å². The second-order valence-electron chi connectivity index (χ2n) is 2.58. The first-order chi connectivity index (χ1) is 5.81. The van der Waals surface area contributed by atoms with Gasteiger partial charge in [0.05, 0.1) is 16.7 Å². The van der Waals surface area contributed by atoms with Gasteiger partial charge in [-0.2, -0.15) is 5.26 Å². The molecular formula is C7H7N3S2. The van der Waals surface area contributed by atoms with Crippen LogP contribution in [0.2, 0.25) is 0 Å². The quantitative estimate of drug-likeness (QED) is 0.573. The van der Waals surface area contributed by atoms with E-state index >= 15 is 0 Å². The van der Waals surface area contributed by atoms with E-state index in [1.165, 1.54) is 5.57 Å². The first-order valence-electron chi connectivity index (χ1n) is 3.48. The standard InChI is InChI=1S/C7H7N3S2/c8-2-4-1-5-3-11-12-7(5)10-6(4)9/h10H,1,3,9H2. The number of hydrogen-bond acceptors (Lipinski definition) is 5. The van der Waals surface area contributed by atoms with E-state index in [1.54, 1.807) is 21.6 Å². The van der Waals surface area contributed by atoms with Crippen LogP contribution < -0.4 is 11.1 Å². The molecule has 3 nitrogen and oxygen atoms in total. The zero-order valence-corrected chi connectivity index (χ0v) is 7.89. The van der Waals surface area contributed by atoms with Gasteiger partial charge in [-0.1, -0.05) is 10.8 Å². The molecule has 0 saturated carbocycles. The fourth-order valence-electron chi connectivity index (χ4n) is 1.13. The fourth-order valence-corrected chi connectivity index (χ4v) is 3.64. The molecule has 5 heteroatoms. The van der Waals surface area contributed by atoms with Gasteiger partial charge in [-0.25, -0.2) is 0 Å². The highest BCUT2D eigenvalue weighted by Crippen LogP contribution is 2.43. The summed E-state index contributed by atoms with van der Waals surface area (Å²) in [5.41, 5.74) is 7.60. The Morgan fingerprint density at radius 1 is 1.58 bits per heavy atom.